The van der Waals surface area contributed by atoms with Gasteiger partial charge in [0, 0.05) is 0 Å². The van der Waals surface area contributed by atoms with Gasteiger partial charge in [-0.25, -0.2) is 0 Å². The smallest absolute Gasteiger partial charge is 0.0383 e. The largest absolute Gasteiger partial charge is 0.0530 e. The first-order chi connectivity index (χ1) is 7.43. The molecule has 3 aliphatic carbocycles. The molecule has 0 heteroatoms. The number of fused-ring (bicyclic) bond motifs is 1. The van der Waals surface area contributed by atoms with Crippen molar-refractivity contribution >= 4 is 0 Å². The van der Waals surface area contributed by atoms with Gasteiger partial charge in [-0.05, 0) is 42.9 Å². The van der Waals surface area contributed by atoms with Crippen molar-refractivity contribution in [2.45, 2.75) is 70.6 Å². The average molecular weight is 206 g/mol. The highest BCUT2D eigenvalue weighted by atomic mass is 14.4. The summed E-state index contributed by atoms with van der Waals surface area (Å²) in [7, 11) is 0. The van der Waals surface area contributed by atoms with Crippen LogP contribution in [0.2, 0.25) is 0 Å². The number of hydrogen-bond acceptors (Lipinski definition) is 0. The minimum absolute atomic E-state index is 1.15. The van der Waals surface area contributed by atoms with Gasteiger partial charge >= 0.3 is 0 Å². The van der Waals surface area contributed by atoms with Crippen LogP contribution in [0.5, 0.6) is 0 Å². The fourth-order valence-electron chi connectivity index (χ4n) is 4.77. The molecule has 3 fully saturated rings. The molecule has 3 rings (SSSR count). The zero-order valence-electron chi connectivity index (χ0n) is 10.1. The van der Waals surface area contributed by atoms with Gasteiger partial charge in [-0.1, -0.05) is 51.4 Å². The second-order valence-electron chi connectivity index (χ2n) is 6.42. The molecule has 0 saturated heterocycles. The second-order valence-corrected chi connectivity index (χ2v) is 6.42. The topological polar surface area (TPSA) is 0 Å². The van der Waals surface area contributed by atoms with E-state index in [4.69, 9.17) is 0 Å². The maximum absolute atomic E-state index is 1.62. The Bertz CT molecular complexity index is 202. The summed E-state index contributed by atoms with van der Waals surface area (Å²) in [4.78, 5) is 0. The van der Waals surface area contributed by atoms with Crippen LogP contribution in [0, 0.1) is 23.7 Å². The molecule has 0 nitrogen and oxygen atoms in total. The second kappa shape index (κ2) is 4.47. The van der Waals surface area contributed by atoms with Crippen LogP contribution in [0.15, 0.2) is 0 Å². The Morgan fingerprint density at radius 1 is 0.400 bits per heavy atom. The van der Waals surface area contributed by atoms with Crippen molar-refractivity contribution in [2.24, 2.45) is 23.7 Å². The summed E-state index contributed by atoms with van der Waals surface area (Å²) in [5.74, 6) is 4.59. The lowest BCUT2D eigenvalue weighted by Crippen LogP contribution is -2.30. The molecule has 0 aromatic rings. The third-order valence-corrected chi connectivity index (χ3v) is 5.65. The zero-order chi connectivity index (χ0) is 10.1. The van der Waals surface area contributed by atoms with Crippen LogP contribution >= 0.6 is 0 Å². The molecule has 3 unspecified atom stereocenters. The Morgan fingerprint density at radius 2 is 0.800 bits per heavy atom. The lowest BCUT2D eigenvalue weighted by atomic mass is 9.65. The molecule has 0 aromatic heterocycles. The third-order valence-electron chi connectivity index (χ3n) is 5.65. The van der Waals surface area contributed by atoms with Crippen LogP contribution in [0.3, 0.4) is 0 Å². The highest BCUT2D eigenvalue weighted by molar-refractivity contribution is 4.87. The Kier molecular flexibility index (Phi) is 3.03. The molecular weight excluding hydrogens is 180 g/mol. The van der Waals surface area contributed by atoms with E-state index in [-0.39, 0.29) is 0 Å². The molecule has 0 aliphatic heterocycles. The summed E-state index contributed by atoms with van der Waals surface area (Å²) in [5, 5.41) is 0. The summed E-state index contributed by atoms with van der Waals surface area (Å²) in [6, 6.07) is 0. The van der Waals surface area contributed by atoms with Gasteiger partial charge in [0.1, 0.15) is 0 Å². The van der Waals surface area contributed by atoms with Crippen molar-refractivity contribution in [2.75, 3.05) is 0 Å². The number of hydrogen-bond donors (Lipinski definition) is 0. The number of rotatable bonds is 1. The van der Waals surface area contributed by atoms with Crippen molar-refractivity contribution in [3.8, 4) is 0 Å². The van der Waals surface area contributed by atoms with Crippen molar-refractivity contribution in [3.63, 3.8) is 0 Å². The van der Waals surface area contributed by atoms with Crippen LogP contribution in [-0.2, 0) is 0 Å². The standard InChI is InChI=1S/C15H26/c1-2-6-12(5-1)15-10-9-13-7-3-4-8-14(13)11-15/h12-15H,1-11H2. The van der Waals surface area contributed by atoms with E-state index in [1.165, 1.54) is 19.3 Å². The summed E-state index contributed by atoms with van der Waals surface area (Å²) in [5.41, 5.74) is 0. The van der Waals surface area contributed by atoms with Crippen molar-refractivity contribution < 1.29 is 0 Å². The molecule has 0 bridgehead atoms. The van der Waals surface area contributed by atoms with Crippen molar-refractivity contribution in [3.05, 3.63) is 0 Å². The maximum atomic E-state index is 1.62. The van der Waals surface area contributed by atoms with E-state index in [2.05, 4.69) is 0 Å². The van der Waals surface area contributed by atoms with Crippen LogP contribution in [-0.4, -0.2) is 0 Å². The van der Waals surface area contributed by atoms with Crippen LogP contribution in [0.25, 0.3) is 0 Å². The van der Waals surface area contributed by atoms with Gasteiger partial charge < -0.3 is 0 Å². The minimum Gasteiger partial charge on any atom is -0.0530 e. The van der Waals surface area contributed by atoms with Crippen LogP contribution < -0.4 is 0 Å². The van der Waals surface area contributed by atoms with Crippen molar-refractivity contribution in [1.29, 1.82) is 0 Å². The van der Waals surface area contributed by atoms with Gasteiger partial charge in [0.2, 0.25) is 0 Å². The molecule has 0 heterocycles. The molecule has 3 saturated carbocycles. The van der Waals surface area contributed by atoms with Crippen molar-refractivity contribution in [1.82, 2.24) is 0 Å². The van der Waals surface area contributed by atoms with E-state index < -0.39 is 0 Å². The third kappa shape index (κ3) is 2.10. The van der Waals surface area contributed by atoms with Gasteiger partial charge in [-0.3, -0.25) is 0 Å². The Balaban J connectivity index is 1.59. The monoisotopic (exact) mass is 206 g/mol. The predicted octanol–water partition coefficient (Wildman–Crippen LogP) is 4.78. The predicted molar refractivity (Wildman–Crippen MR) is 64.7 cm³/mol. The summed E-state index contributed by atoms with van der Waals surface area (Å²) >= 11 is 0. The Labute approximate surface area is 94.8 Å². The molecule has 3 atom stereocenters. The highest BCUT2D eigenvalue weighted by Gasteiger charge is 2.35. The van der Waals surface area contributed by atoms with Gasteiger partial charge in [-0.2, -0.15) is 0 Å². The van der Waals surface area contributed by atoms with E-state index in [0.29, 0.717) is 0 Å². The summed E-state index contributed by atoms with van der Waals surface area (Å²) in [6.07, 6.45) is 17.2. The average Bonchev–Trinajstić information content (AvgIpc) is 2.82. The fraction of sp³-hybridized carbons (Fsp3) is 1.00. The van der Waals surface area contributed by atoms with Gasteiger partial charge in [0.05, 0.1) is 0 Å². The zero-order valence-corrected chi connectivity index (χ0v) is 10.1. The van der Waals surface area contributed by atoms with E-state index in [1.807, 2.05) is 0 Å². The SMILES string of the molecule is C1CCC2CC(C3CCCC3)CCC2C1. The molecule has 0 aromatic carbocycles. The van der Waals surface area contributed by atoms with Gasteiger partial charge in [0.25, 0.3) is 0 Å². The Morgan fingerprint density at radius 3 is 1.47 bits per heavy atom. The molecule has 86 valence electrons. The summed E-state index contributed by atoms with van der Waals surface area (Å²) in [6.45, 7) is 0. The van der Waals surface area contributed by atoms with E-state index in [9.17, 15) is 0 Å². The molecule has 0 spiro atoms. The van der Waals surface area contributed by atoms with E-state index in [1.54, 1.807) is 51.4 Å². The highest BCUT2D eigenvalue weighted by Crippen LogP contribution is 2.47. The van der Waals surface area contributed by atoms with Gasteiger partial charge in [0.15, 0.2) is 0 Å². The first kappa shape index (κ1) is 10.2. The molecular formula is C15H26. The lowest BCUT2D eigenvalue weighted by Gasteiger charge is -2.41. The van der Waals surface area contributed by atoms with Crippen LogP contribution in [0.1, 0.15) is 70.6 Å². The summed E-state index contributed by atoms with van der Waals surface area (Å²) < 4.78 is 0. The van der Waals surface area contributed by atoms with E-state index in [0.717, 1.165) is 23.7 Å². The molecule has 15 heavy (non-hydrogen) atoms. The van der Waals surface area contributed by atoms with E-state index >= 15 is 0 Å². The first-order valence-corrected chi connectivity index (χ1v) is 7.43. The molecule has 0 N–H and O–H groups in total. The van der Waals surface area contributed by atoms with Gasteiger partial charge in [-0.15, -0.1) is 0 Å². The Hall–Kier alpha value is 0. The quantitative estimate of drug-likeness (QED) is 0.579. The molecule has 3 aliphatic rings. The first-order valence-electron chi connectivity index (χ1n) is 7.43. The lowest BCUT2D eigenvalue weighted by molar-refractivity contribution is 0.101. The molecule has 0 amide bonds. The fourth-order valence-corrected chi connectivity index (χ4v) is 4.77. The minimum atomic E-state index is 1.15. The molecule has 0 radical (unpaired) electrons. The normalized spacial score (nSPS) is 42.8. The van der Waals surface area contributed by atoms with Crippen LogP contribution in [0.4, 0.5) is 0 Å². The maximum Gasteiger partial charge on any atom is -0.0383 e.